The molecule has 2 heterocycles. The molecule has 1 saturated heterocycles. The van der Waals surface area contributed by atoms with Gasteiger partial charge in [-0.15, -0.1) is 5.10 Å². The quantitative estimate of drug-likeness (QED) is 0.872. The molecule has 0 N–H and O–H groups in total. The van der Waals surface area contributed by atoms with Gasteiger partial charge >= 0.3 is 0 Å². The molecule has 1 fully saturated rings. The molecule has 106 valence electrons. The van der Waals surface area contributed by atoms with Gasteiger partial charge < -0.3 is 0 Å². The van der Waals surface area contributed by atoms with E-state index in [0.717, 1.165) is 36.2 Å². The van der Waals surface area contributed by atoms with Crippen molar-refractivity contribution in [3.63, 3.8) is 0 Å². The molecule has 6 heteroatoms. The van der Waals surface area contributed by atoms with Gasteiger partial charge in [-0.1, -0.05) is 24.4 Å². The minimum atomic E-state index is 0.718. The Labute approximate surface area is 123 Å². The van der Waals surface area contributed by atoms with Gasteiger partial charge in [0.1, 0.15) is 0 Å². The van der Waals surface area contributed by atoms with E-state index in [1.54, 1.807) is 4.68 Å². The molecule has 0 amide bonds. The fourth-order valence-corrected chi connectivity index (χ4v) is 2.71. The summed E-state index contributed by atoms with van der Waals surface area (Å²) in [6, 6.07) is 7.58. The number of rotatable bonds is 3. The van der Waals surface area contributed by atoms with Crippen LogP contribution in [0.25, 0.3) is 5.69 Å². The Bertz CT molecular complexity index is 543. The predicted octanol–water partition coefficient (Wildman–Crippen LogP) is 2.69. The summed E-state index contributed by atoms with van der Waals surface area (Å²) >= 11 is 5.92. The largest absolute Gasteiger partial charge is 0.296 e. The van der Waals surface area contributed by atoms with E-state index >= 15 is 0 Å². The Morgan fingerprint density at radius 3 is 2.40 bits per heavy atom. The van der Waals surface area contributed by atoms with Gasteiger partial charge in [0.15, 0.2) is 5.82 Å². The van der Waals surface area contributed by atoms with Gasteiger partial charge in [-0.2, -0.15) is 4.68 Å². The summed E-state index contributed by atoms with van der Waals surface area (Å²) in [4.78, 5) is 2.44. The Morgan fingerprint density at radius 2 is 1.70 bits per heavy atom. The number of nitrogens with zero attached hydrogens (tertiary/aromatic N) is 5. The number of aromatic nitrogens is 4. The zero-order valence-corrected chi connectivity index (χ0v) is 12.1. The summed E-state index contributed by atoms with van der Waals surface area (Å²) in [5.74, 6) is 0.884. The van der Waals surface area contributed by atoms with E-state index in [-0.39, 0.29) is 0 Å². The Hall–Kier alpha value is -1.46. The average molecular weight is 292 g/mol. The topological polar surface area (TPSA) is 46.8 Å². The van der Waals surface area contributed by atoms with Crippen molar-refractivity contribution in [1.29, 1.82) is 0 Å². The number of hydrogen-bond donors (Lipinski definition) is 0. The molecule has 0 atom stereocenters. The van der Waals surface area contributed by atoms with Gasteiger partial charge in [-0.05, 0) is 60.6 Å². The van der Waals surface area contributed by atoms with Crippen molar-refractivity contribution >= 4 is 11.6 Å². The maximum absolute atomic E-state index is 5.92. The van der Waals surface area contributed by atoms with Crippen LogP contribution in [0, 0.1) is 0 Å². The second-order valence-corrected chi connectivity index (χ2v) is 5.61. The van der Waals surface area contributed by atoms with Crippen molar-refractivity contribution in [3.05, 3.63) is 35.1 Å². The lowest BCUT2D eigenvalue weighted by atomic mass is 10.2. The maximum Gasteiger partial charge on any atom is 0.170 e. The van der Waals surface area contributed by atoms with Gasteiger partial charge in [0.25, 0.3) is 0 Å². The smallest absolute Gasteiger partial charge is 0.170 e. The van der Waals surface area contributed by atoms with Crippen LogP contribution in [0.5, 0.6) is 0 Å². The molecular weight excluding hydrogens is 274 g/mol. The van der Waals surface area contributed by atoms with E-state index in [1.807, 2.05) is 24.3 Å². The maximum atomic E-state index is 5.92. The molecule has 2 aromatic rings. The average Bonchev–Trinajstić information content (AvgIpc) is 2.75. The zero-order chi connectivity index (χ0) is 13.8. The Kier molecular flexibility index (Phi) is 4.28. The molecule has 1 aromatic carbocycles. The predicted molar refractivity (Wildman–Crippen MR) is 77.9 cm³/mol. The third-order valence-corrected chi connectivity index (χ3v) is 3.92. The zero-order valence-electron chi connectivity index (χ0n) is 11.4. The molecule has 0 unspecified atom stereocenters. The third-order valence-electron chi connectivity index (χ3n) is 3.67. The van der Waals surface area contributed by atoms with Crippen LogP contribution in [0.15, 0.2) is 24.3 Å². The van der Waals surface area contributed by atoms with Crippen molar-refractivity contribution in [2.24, 2.45) is 0 Å². The highest BCUT2D eigenvalue weighted by molar-refractivity contribution is 6.30. The molecule has 0 saturated carbocycles. The highest BCUT2D eigenvalue weighted by atomic mass is 35.5. The van der Waals surface area contributed by atoms with E-state index in [4.69, 9.17) is 11.6 Å². The molecule has 1 aliphatic rings. The van der Waals surface area contributed by atoms with Crippen molar-refractivity contribution < 1.29 is 0 Å². The number of benzene rings is 1. The lowest BCUT2D eigenvalue weighted by Crippen LogP contribution is -2.25. The first kappa shape index (κ1) is 13.5. The molecular formula is C14H18ClN5. The number of tetrazole rings is 1. The molecule has 1 aliphatic heterocycles. The third kappa shape index (κ3) is 3.16. The minimum Gasteiger partial charge on any atom is -0.296 e. The highest BCUT2D eigenvalue weighted by Gasteiger charge is 2.14. The second-order valence-electron chi connectivity index (χ2n) is 5.17. The van der Waals surface area contributed by atoms with Crippen molar-refractivity contribution in [3.8, 4) is 5.69 Å². The molecule has 5 nitrogen and oxygen atoms in total. The van der Waals surface area contributed by atoms with Crippen LogP contribution in [0.4, 0.5) is 0 Å². The lowest BCUT2D eigenvalue weighted by molar-refractivity contribution is 0.267. The summed E-state index contributed by atoms with van der Waals surface area (Å²) in [5, 5.41) is 12.8. The van der Waals surface area contributed by atoms with Crippen LogP contribution in [0.3, 0.4) is 0 Å². The Balaban J connectivity index is 1.77. The van der Waals surface area contributed by atoms with Crippen LogP contribution >= 0.6 is 11.6 Å². The van der Waals surface area contributed by atoms with E-state index in [0.29, 0.717) is 0 Å². The molecule has 3 rings (SSSR count). The first-order valence-corrected chi connectivity index (χ1v) is 7.46. The standard InChI is InChI=1S/C14H18ClN5/c15-12-5-7-13(8-6-12)20-14(16-17-18-20)11-19-9-3-1-2-4-10-19/h5-8H,1-4,9-11H2. The fourth-order valence-electron chi connectivity index (χ4n) is 2.58. The number of halogens is 1. The van der Waals surface area contributed by atoms with Crippen molar-refractivity contribution in [2.75, 3.05) is 13.1 Å². The van der Waals surface area contributed by atoms with Gasteiger partial charge in [-0.3, -0.25) is 4.90 Å². The van der Waals surface area contributed by atoms with Crippen LogP contribution < -0.4 is 0 Å². The van der Waals surface area contributed by atoms with E-state index in [2.05, 4.69) is 20.4 Å². The molecule has 20 heavy (non-hydrogen) atoms. The summed E-state index contributed by atoms with van der Waals surface area (Å²) in [6.45, 7) is 3.07. The van der Waals surface area contributed by atoms with Crippen molar-refractivity contribution in [2.45, 2.75) is 32.2 Å². The van der Waals surface area contributed by atoms with E-state index in [1.165, 1.54) is 25.7 Å². The van der Waals surface area contributed by atoms with Crippen LogP contribution in [0.2, 0.25) is 5.02 Å². The van der Waals surface area contributed by atoms with Crippen molar-refractivity contribution in [1.82, 2.24) is 25.1 Å². The monoisotopic (exact) mass is 291 g/mol. The van der Waals surface area contributed by atoms with Crippen LogP contribution in [0.1, 0.15) is 31.5 Å². The fraction of sp³-hybridized carbons (Fsp3) is 0.500. The van der Waals surface area contributed by atoms with Gasteiger partial charge in [0.2, 0.25) is 0 Å². The Morgan fingerprint density at radius 1 is 1.00 bits per heavy atom. The molecule has 0 bridgehead atoms. The number of likely N-dealkylation sites (tertiary alicyclic amines) is 1. The molecule has 1 aromatic heterocycles. The van der Waals surface area contributed by atoms with Gasteiger partial charge in [-0.25, -0.2) is 0 Å². The highest BCUT2D eigenvalue weighted by Crippen LogP contribution is 2.16. The molecule has 0 radical (unpaired) electrons. The molecule has 0 spiro atoms. The van der Waals surface area contributed by atoms with E-state index < -0.39 is 0 Å². The first-order chi connectivity index (χ1) is 9.83. The van der Waals surface area contributed by atoms with Gasteiger partial charge in [0.05, 0.1) is 12.2 Å². The van der Waals surface area contributed by atoms with Crippen LogP contribution in [-0.2, 0) is 6.54 Å². The summed E-state index contributed by atoms with van der Waals surface area (Å²) < 4.78 is 1.79. The summed E-state index contributed by atoms with van der Waals surface area (Å²) in [7, 11) is 0. The normalized spacial score (nSPS) is 17.1. The first-order valence-electron chi connectivity index (χ1n) is 7.08. The summed E-state index contributed by atoms with van der Waals surface area (Å²) in [6.07, 6.45) is 5.20. The minimum absolute atomic E-state index is 0.718. The van der Waals surface area contributed by atoms with Crippen LogP contribution in [-0.4, -0.2) is 38.2 Å². The van der Waals surface area contributed by atoms with Gasteiger partial charge in [0, 0.05) is 5.02 Å². The molecule has 0 aliphatic carbocycles. The second kappa shape index (κ2) is 6.33. The summed E-state index contributed by atoms with van der Waals surface area (Å²) in [5.41, 5.74) is 0.948. The SMILES string of the molecule is Clc1ccc(-n2nnnc2CN2CCCCCC2)cc1. The number of hydrogen-bond acceptors (Lipinski definition) is 4. The van der Waals surface area contributed by atoms with E-state index in [9.17, 15) is 0 Å². The lowest BCUT2D eigenvalue weighted by Gasteiger charge is -2.18.